The largest absolute Gasteiger partial charge is 0.251 e. The van der Waals surface area contributed by atoms with Gasteiger partial charge in [-0.2, -0.15) is 0 Å². The summed E-state index contributed by atoms with van der Waals surface area (Å²) < 4.78 is 25.0. The van der Waals surface area contributed by atoms with Crippen molar-refractivity contribution in [2.75, 3.05) is 0 Å². The third-order valence-electron chi connectivity index (χ3n) is 2.87. The molecule has 0 N–H and O–H groups in total. The average molecular weight is 339 g/mol. The third-order valence-corrected chi connectivity index (χ3v) is 5.02. The van der Waals surface area contributed by atoms with Gasteiger partial charge in [-0.1, -0.05) is 41.4 Å². The molecule has 1 heterocycles. The van der Waals surface area contributed by atoms with E-state index in [0.717, 1.165) is 0 Å². The fourth-order valence-corrected chi connectivity index (χ4v) is 3.56. The Bertz CT molecular complexity index is 928. The Morgan fingerprint density at radius 1 is 1.00 bits per heavy atom. The maximum absolute atomic E-state index is 12.5. The SMILES string of the molecule is O=S(=O)(c1ccccc1)c1cnc2cc(Cl)cc(Cl)c2n1. The van der Waals surface area contributed by atoms with Crippen molar-refractivity contribution in [2.24, 2.45) is 0 Å². The van der Waals surface area contributed by atoms with E-state index < -0.39 is 9.84 Å². The maximum atomic E-state index is 12.5. The van der Waals surface area contributed by atoms with Gasteiger partial charge in [0.15, 0.2) is 5.03 Å². The first-order chi connectivity index (χ1) is 9.98. The second-order valence-corrected chi connectivity index (χ2v) is 7.02. The van der Waals surface area contributed by atoms with Crippen LogP contribution in [-0.2, 0) is 9.84 Å². The summed E-state index contributed by atoms with van der Waals surface area (Å²) in [5.74, 6) is 0. The summed E-state index contributed by atoms with van der Waals surface area (Å²) in [4.78, 5) is 8.36. The molecular weight excluding hydrogens is 331 g/mol. The van der Waals surface area contributed by atoms with Crippen LogP contribution in [0.1, 0.15) is 0 Å². The molecule has 0 saturated heterocycles. The van der Waals surface area contributed by atoms with Gasteiger partial charge in [-0.3, -0.25) is 4.98 Å². The summed E-state index contributed by atoms with van der Waals surface area (Å²) in [6.07, 6.45) is 1.21. The summed E-state index contributed by atoms with van der Waals surface area (Å²) in [5, 5.41) is 0.529. The first kappa shape index (κ1) is 14.3. The molecule has 0 fully saturated rings. The topological polar surface area (TPSA) is 59.9 Å². The third kappa shape index (κ3) is 2.60. The normalized spacial score (nSPS) is 11.7. The first-order valence-corrected chi connectivity index (χ1v) is 8.14. The number of nitrogens with zero attached hydrogens (tertiary/aromatic N) is 2. The highest BCUT2D eigenvalue weighted by Crippen LogP contribution is 2.27. The smallest absolute Gasteiger partial charge is 0.225 e. The number of benzene rings is 2. The van der Waals surface area contributed by atoms with Crippen molar-refractivity contribution in [3.63, 3.8) is 0 Å². The van der Waals surface area contributed by atoms with E-state index in [0.29, 0.717) is 16.1 Å². The average Bonchev–Trinajstić information content (AvgIpc) is 2.47. The van der Waals surface area contributed by atoms with E-state index in [-0.39, 0.29) is 14.9 Å². The lowest BCUT2D eigenvalue weighted by molar-refractivity contribution is 0.592. The van der Waals surface area contributed by atoms with E-state index >= 15 is 0 Å². The van der Waals surface area contributed by atoms with Gasteiger partial charge < -0.3 is 0 Å². The summed E-state index contributed by atoms with van der Waals surface area (Å²) in [6, 6.07) is 11.1. The van der Waals surface area contributed by atoms with Crippen LogP contribution in [0.3, 0.4) is 0 Å². The maximum Gasteiger partial charge on any atom is 0.225 e. The zero-order valence-corrected chi connectivity index (χ0v) is 12.8. The molecule has 0 aliphatic heterocycles. The highest BCUT2D eigenvalue weighted by molar-refractivity contribution is 7.91. The van der Waals surface area contributed by atoms with Crippen LogP contribution in [0.25, 0.3) is 11.0 Å². The lowest BCUT2D eigenvalue weighted by Gasteiger charge is -2.06. The lowest BCUT2D eigenvalue weighted by atomic mass is 10.3. The number of sulfone groups is 1. The van der Waals surface area contributed by atoms with Crippen molar-refractivity contribution in [1.82, 2.24) is 9.97 Å². The molecule has 0 amide bonds. The van der Waals surface area contributed by atoms with Crippen molar-refractivity contribution < 1.29 is 8.42 Å². The molecule has 106 valence electrons. The molecule has 4 nitrogen and oxygen atoms in total. The van der Waals surface area contributed by atoms with Gasteiger partial charge in [0.1, 0.15) is 5.52 Å². The quantitative estimate of drug-likeness (QED) is 0.713. The summed E-state index contributed by atoms with van der Waals surface area (Å²) in [7, 11) is -3.72. The molecule has 3 rings (SSSR count). The molecule has 0 unspecified atom stereocenters. The number of hydrogen-bond acceptors (Lipinski definition) is 4. The molecule has 0 saturated carbocycles. The monoisotopic (exact) mass is 338 g/mol. The van der Waals surface area contributed by atoms with Crippen LogP contribution in [-0.4, -0.2) is 18.4 Å². The highest BCUT2D eigenvalue weighted by Gasteiger charge is 2.20. The van der Waals surface area contributed by atoms with Crippen molar-refractivity contribution in [3.05, 3.63) is 58.7 Å². The minimum absolute atomic E-state index is 0.148. The number of fused-ring (bicyclic) bond motifs is 1. The second kappa shape index (κ2) is 5.26. The Balaban J connectivity index is 2.22. The number of rotatable bonds is 2. The summed E-state index contributed by atoms with van der Waals surface area (Å²) in [5.41, 5.74) is 0.748. The standard InChI is InChI=1S/C14H8Cl2N2O2S/c15-9-6-11(16)14-12(7-9)17-8-13(18-14)21(19,20)10-4-2-1-3-5-10/h1-8H. The Hall–Kier alpha value is -1.69. The van der Waals surface area contributed by atoms with Gasteiger partial charge in [0, 0.05) is 5.02 Å². The minimum atomic E-state index is -3.72. The molecule has 1 aromatic heterocycles. The fraction of sp³-hybridized carbons (Fsp3) is 0. The molecular formula is C14H8Cl2N2O2S. The Labute approximate surface area is 131 Å². The Kier molecular flexibility index (Phi) is 3.57. The number of aromatic nitrogens is 2. The predicted octanol–water partition coefficient (Wildman–Crippen LogP) is 3.77. The van der Waals surface area contributed by atoms with Crippen LogP contribution < -0.4 is 0 Å². The van der Waals surface area contributed by atoms with Crippen molar-refractivity contribution in [2.45, 2.75) is 9.92 Å². The molecule has 0 radical (unpaired) electrons. The molecule has 0 bridgehead atoms. The van der Waals surface area contributed by atoms with Crippen LogP contribution >= 0.6 is 23.2 Å². The van der Waals surface area contributed by atoms with Crippen LogP contribution in [0.2, 0.25) is 10.0 Å². The Morgan fingerprint density at radius 2 is 1.71 bits per heavy atom. The molecule has 0 atom stereocenters. The summed E-state index contributed by atoms with van der Waals surface area (Å²) in [6.45, 7) is 0. The van der Waals surface area contributed by atoms with Gasteiger partial charge in [0.25, 0.3) is 0 Å². The predicted molar refractivity (Wildman–Crippen MR) is 81.5 cm³/mol. The summed E-state index contributed by atoms with van der Waals surface area (Å²) >= 11 is 11.9. The van der Waals surface area contributed by atoms with E-state index in [1.807, 2.05) is 0 Å². The number of halogens is 2. The van der Waals surface area contributed by atoms with E-state index in [1.54, 1.807) is 24.3 Å². The van der Waals surface area contributed by atoms with Gasteiger partial charge in [0.05, 0.1) is 21.6 Å². The van der Waals surface area contributed by atoms with Gasteiger partial charge in [-0.25, -0.2) is 13.4 Å². The van der Waals surface area contributed by atoms with Gasteiger partial charge in [-0.05, 0) is 24.3 Å². The molecule has 2 aromatic carbocycles. The lowest BCUT2D eigenvalue weighted by Crippen LogP contribution is -2.05. The van der Waals surface area contributed by atoms with Gasteiger partial charge >= 0.3 is 0 Å². The minimum Gasteiger partial charge on any atom is -0.251 e. The highest BCUT2D eigenvalue weighted by atomic mass is 35.5. The Morgan fingerprint density at radius 3 is 2.43 bits per heavy atom. The molecule has 21 heavy (non-hydrogen) atoms. The zero-order valence-electron chi connectivity index (χ0n) is 10.5. The fourth-order valence-electron chi connectivity index (χ4n) is 1.88. The van der Waals surface area contributed by atoms with Gasteiger partial charge in [0.2, 0.25) is 9.84 Å². The van der Waals surface area contributed by atoms with Crippen molar-refractivity contribution in [1.29, 1.82) is 0 Å². The van der Waals surface area contributed by atoms with Crippen molar-refractivity contribution in [3.8, 4) is 0 Å². The zero-order chi connectivity index (χ0) is 15.0. The molecule has 0 aliphatic rings. The van der Waals surface area contributed by atoms with Crippen LogP contribution in [0.5, 0.6) is 0 Å². The van der Waals surface area contributed by atoms with E-state index in [1.165, 1.54) is 24.4 Å². The second-order valence-electron chi connectivity index (χ2n) is 4.28. The molecule has 0 spiro atoms. The van der Waals surface area contributed by atoms with E-state index in [9.17, 15) is 8.42 Å². The molecule has 3 aromatic rings. The van der Waals surface area contributed by atoms with Crippen LogP contribution in [0.15, 0.2) is 58.6 Å². The van der Waals surface area contributed by atoms with Gasteiger partial charge in [-0.15, -0.1) is 0 Å². The van der Waals surface area contributed by atoms with Crippen LogP contribution in [0.4, 0.5) is 0 Å². The molecule has 7 heteroatoms. The molecule has 0 aliphatic carbocycles. The number of hydrogen-bond donors (Lipinski definition) is 0. The van der Waals surface area contributed by atoms with Crippen LogP contribution in [0, 0.1) is 0 Å². The first-order valence-electron chi connectivity index (χ1n) is 5.90. The van der Waals surface area contributed by atoms with E-state index in [4.69, 9.17) is 23.2 Å². The van der Waals surface area contributed by atoms with Crippen molar-refractivity contribution >= 4 is 44.1 Å². The van der Waals surface area contributed by atoms with E-state index in [2.05, 4.69) is 9.97 Å².